The summed E-state index contributed by atoms with van der Waals surface area (Å²) in [5.74, 6) is -0.0883. The van der Waals surface area contributed by atoms with Gasteiger partial charge in [0.05, 0.1) is 25.1 Å². The number of aromatic amines is 1. The fourth-order valence-corrected chi connectivity index (χ4v) is 4.14. The first-order valence-corrected chi connectivity index (χ1v) is 9.95. The molecule has 0 atom stereocenters. The average Bonchev–Trinajstić information content (AvgIpc) is 3.13. The zero-order chi connectivity index (χ0) is 19.8. The Balaban J connectivity index is 1.31. The van der Waals surface area contributed by atoms with E-state index in [4.69, 9.17) is 4.74 Å². The van der Waals surface area contributed by atoms with Crippen LogP contribution in [0.3, 0.4) is 0 Å². The molecule has 2 aliphatic heterocycles. The minimum atomic E-state index is -0.257. The molecule has 0 unspecified atom stereocenters. The zero-order valence-electron chi connectivity index (χ0n) is 16.1. The second kappa shape index (κ2) is 7.36. The number of morpholine rings is 1. The highest BCUT2D eigenvalue weighted by molar-refractivity contribution is 5.86. The van der Waals surface area contributed by atoms with Crippen molar-refractivity contribution in [3.63, 3.8) is 0 Å². The van der Waals surface area contributed by atoms with Crippen molar-refractivity contribution in [2.45, 2.75) is 19.5 Å². The predicted molar refractivity (Wildman–Crippen MR) is 109 cm³/mol. The molecule has 8 nitrogen and oxygen atoms in total. The molecule has 0 spiro atoms. The van der Waals surface area contributed by atoms with Gasteiger partial charge in [0.1, 0.15) is 6.54 Å². The third-order valence-electron chi connectivity index (χ3n) is 5.75. The average molecular weight is 393 g/mol. The minimum Gasteiger partial charge on any atom is -0.378 e. The van der Waals surface area contributed by atoms with E-state index in [0.29, 0.717) is 26.3 Å². The van der Waals surface area contributed by atoms with Gasteiger partial charge in [-0.2, -0.15) is 5.10 Å². The number of para-hydroxylation sites is 1. The molecule has 1 saturated heterocycles. The van der Waals surface area contributed by atoms with Crippen molar-refractivity contribution in [3.05, 3.63) is 58.1 Å². The van der Waals surface area contributed by atoms with Crippen molar-refractivity contribution in [1.29, 1.82) is 0 Å². The largest absolute Gasteiger partial charge is 0.378 e. The van der Waals surface area contributed by atoms with Crippen LogP contribution in [0.4, 0.5) is 5.69 Å². The Labute approximate surface area is 167 Å². The van der Waals surface area contributed by atoms with Crippen LogP contribution in [0.2, 0.25) is 0 Å². The number of fused-ring (bicyclic) bond motifs is 3. The monoisotopic (exact) mass is 393 g/mol. The Hall–Kier alpha value is -3.13. The fourth-order valence-electron chi connectivity index (χ4n) is 4.14. The van der Waals surface area contributed by atoms with Crippen LogP contribution in [0, 0.1) is 0 Å². The number of amides is 1. The molecule has 2 aliphatic rings. The number of anilines is 1. The van der Waals surface area contributed by atoms with E-state index in [1.807, 2.05) is 17.0 Å². The lowest BCUT2D eigenvalue weighted by atomic mass is 10.0. The first-order chi connectivity index (χ1) is 14.2. The second-order valence-corrected chi connectivity index (χ2v) is 7.50. The van der Waals surface area contributed by atoms with Gasteiger partial charge in [-0.25, -0.2) is 4.68 Å². The van der Waals surface area contributed by atoms with Gasteiger partial charge in [-0.15, -0.1) is 0 Å². The lowest BCUT2D eigenvalue weighted by Crippen LogP contribution is -2.41. The third kappa shape index (κ3) is 3.40. The van der Waals surface area contributed by atoms with Crippen LogP contribution in [0.25, 0.3) is 10.9 Å². The summed E-state index contributed by atoms with van der Waals surface area (Å²) in [7, 11) is 0. The Morgan fingerprint density at radius 3 is 2.83 bits per heavy atom. The third-order valence-corrected chi connectivity index (χ3v) is 5.75. The van der Waals surface area contributed by atoms with Gasteiger partial charge < -0.3 is 19.5 Å². The summed E-state index contributed by atoms with van der Waals surface area (Å²) in [4.78, 5) is 32.7. The van der Waals surface area contributed by atoms with Gasteiger partial charge in [-0.05, 0) is 6.07 Å². The number of nitrogens with one attached hydrogen (secondary N) is 1. The van der Waals surface area contributed by atoms with Crippen LogP contribution < -0.4 is 10.5 Å². The highest BCUT2D eigenvalue weighted by Gasteiger charge is 2.24. The molecule has 1 aromatic carbocycles. The Bertz CT molecular complexity index is 1110. The molecule has 1 fully saturated rings. The number of benzene rings is 1. The van der Waals surface area contributed by atoms with Gasteiger partial charge in [-0.1, -0.05) is 18.2 Å². The molecule has 0 aliphatic carbocycles. The van der Waals surface area contributed by atoms with E-state index >= 15 is 0 Å². The van der Waals surface area contributed by atoms with E-state index in [2.05, 4.69) is 27.1 Å². The lowest BCUT2D eigenvalue weighted by Gasteiger charge is -2.29. The Morgan fingerprint density at radius 2 is 2.00 bits per heavy atom. The molecule has 5 rings (SSSR count). The molecule has 0 saturated carbocycles. The number of H-pyrrole nitrogens is 1. The van der Waals surface area contributed by atoms with Crippen molar-refractivity contribution in [2.24, 2.45) is 0 Å². The van der Waals surface area contributed by atoms with E-state index in [1.165, 1.54) is 15.9 Å². The quantitative estimate of drug-likeness (QED) is 0.722. The summed E-state index contributed by atoms with van der Waals surface area (Å²) in [5.41, 5.74) is 3.99. The van der Waals surface area contributed by atoms with Crippen molar-refractivity contribution >= 4 is 22.5 Å². The van der Waals surface area contributed by atoms with E-state index in [0.717, 1.165) is 36.1 Å². The second-order valence-electron chi connectivity index (χ2n) is 7.50. The Kier molecular flexibility index (Phi) is 4.55. The van der Waals surface area contributed by atoms with Crippen molar-refractivity contribution in [2.75, 3.05) is 37.7 Å². The number of rotatable bonds is 3. The molecule has 2 aromatic heterocycles. The highest BCUT2D eigenvalue weighted by atomic mass is 16.5. The van der Waals surface area contributed by atoms with Gasteiger partial charge in [-0.3, -0.25) is 9.59 Å². The number of hydrogen-bond acceptors (Lipinski definition) is 5. The van der Waals surface area contributed by atoms with E-state index < -0.39 is 0 Å². The number of ether oxygens (including phenoxy) is 1. The van der Waals surface area contributed by atoms with Crippen LogP contribution in [0.1, 0.15) is 11.3 Å². The molecule has 1 amide bonds. The number of nitrogens with zero attached hydrogens (tertiary/aromatic N) is 4. The molecule has 0 bridgehead atoms. The van der Waals surface area contributed by atoms with Gasteiger partial charge in [0.25, 0.3) is 5.56 Å². The molecule has 3 aromatic rings. The molecule has 0 radical (unpaired) electrons. The summed E-state index contributed by atoms with van der Waals surface area (Å²) >= 11 is 0. The number of carbonyl (C=O) groups excluding carboxylic acids is 1. The van der Waals surface area contributed by atoms with E-state index in [1.54, 1.807) is 12.3 Å². The number of hydrogen-bond donors (Lipinski definition) is 1. The molecule has 8 heteroatoms. The molecule has 29 heavy (non-hydrogen) atoms. The van der Waals surface area contributed by atoms with Gasteiger partial charge in [0.2, 0.25) is 5.91 Å². The standard InChI is InChI=1S/C21H23N5O3/c27-20-11-15(24-7-9-29-10-8-24)12-22-26(20)14-21(28)25-6-5-19-17(13-25)16-3-1-2-4-18(16)23-19/h1-4,11-12,23H,5-10,13-14H2. The first-order valence-electron chi connectivity index (χ1n) is 9.95. The zero-order valence-corrected chi connectivity index (χ0v) is 16.1. The number of aromatic nitrogens is 3. The van der Waals surface area contributed by atoms with E-state index in [9.17, 15) is 9.59 Å². The maximum absolute atomic E-state index is 12.9. The van der Waals surface area contributed by atoms with Crippen LogP contribution >= 0.6 is 0 Å². The van der Waals surface area contributed by atoms with Crippen LogP contribution in [-0.4, -0.2) is 58.4 Å². The first kappa shape index (κ1) is 17.9. The topological polar surface area (TPSA) is 83.5 Å². The van der Waals surface area contributed by atoms with Crippen LogP contribution in [0.5, 0.6) is 0 Å². The summed E-state index contributed by atoms with van der Waals surface area (Å²) in [6.07, 6.45) is 2.45. The molecule has 4 heterocycles. The predicted octanol–water partition coefficient (Wildman–Crippen LogP) is 1.15. The van der Waals surface area contributed by atoms with E-state index in [-0.39, 0.29) is 18.0 Å². The summed E-state index contributed by atoms with van der Waals surface area (Å²) in [6, 6.07) is 9.70. The summed E-state index contributed by atoms with van der Waals surface area (Å²) in [6.45, 7) is 3.92. The molecular formula is C21H23N5O3. The summed E-state index contributed by atoms with van der Waals surface area (Å²) < 4.78 is 6.59. The molecule has 150 valence electrons. The summed E-state index contributed by atoms with van der Waals surface area (Å²) in [5, 5.41) is 5.40. The molecular weight excluding hydrogens is 370 g/mol. The SMILES string of the molecule is O=C(Cn1ncc(N2CCOCC2)cc1=O)N1CCc2[nH]c3ccccc3c2C1. The Morgan fingerprint density at radius 1 is 1.17 bits per heavy atom. The minimum absolute atomic E-state index is 0.0418. The smallest absolute Gasteiger partial charge is 0.269 e. The normalized spacial score (nSPS) is 16.8. The van der Waals surface area contributed by atoms with Crippen molar-refractivity contribution in [1.82, 2.24) is 19.7 Å². The molecule has 1 N–H and O–H groups in total. The number of carbonyl (C=O) groups is 1. The van der Waals surface area contributed by atoms with Crippen molar-refractivity contribution in [3.8, 4) is 0 Å². The van der Waals surface area contributed by atoms with Crippen LogP contribution in [0.15, 0.2) is 41.3 Å². The van der Waals surface area contributed by atoms with Gasteiger partial charge in [0, 0.05) is 60.8 Å². The van der Waals surface area contributed by atoms with Crippen LogP contribution in [-0.2, 0) is 29.0 Å². The van der Waals surface area contributed by atoms with Gasteiger partial charge >= 0.3 is 0 Å². The maximum atomic E-state index is 12.9. The highest BCUT2D eigenvalue weighted by Crippen LogP contribution is 2.27. The van der Waals surface area contributed by atoms with Crippen molar-refractivity contribution < 1.29 is 9.53 Å². The maximum Gasteiger partial charge on any atom is 0.269 e. The fraction of sp³-hybridized carbons (Fsp3) is 0.381. The lowest BCUT2D eigenvalue weighted by molar-refractivity contribution is -0.133. The van der Waals surface area contributed by atoms with Gasteiger partial charge in [0.15, 0.2) is 0 Å².